The third kappa shape index (κ3) is 1.44. The lowest BCUT2D eigenvalue weighted by Crippen LogP contribution is -2.30. The predicted molar refractivity (Wildman–Crippen MR) is 47.7 cm³/mol. The van der Waals surface area contributed by atoms with E-state index in [4.69, 9.17) is 9.84 Å². The Labute approximate surface area is 81.4 Å². The summed E-state index contributed by atoms with van der Waals surface area (Å²) in [5.74, 6) is 0.460. The summed E-state index contributed by atoms with van der Waals surface area (Å²) < 4.78 is 5.35. The van der Waals surface area contributed by atoms with Crippen molar-refractivity contribution in [1.82, 2.24) is 9.97 Å². The molecule has 1 atom stereocenters. The highest BCUT2D eigenvalue weighted by Gasteiger charge is 2.34. The molecule has 0 bridgehead atoms. The zero-order valence-electron chi connectivity index (χ0n) is 7.68. The van der Waals surface area contributed by atoms with E-state index in [0.717, 1.165) is 0 Å². The first-order valence-electron chi connectivity index (χ1n) is 4.53. The monoisotopic (exact) mass is 196 g/mol. The molecule has 1 unspecified atom stereocenters. The summed E-state index contributed by atoms with van der Waals surface area (Å²) in [6, 6.07) is 0. The third-order valence-electron chi connectivity index (χ3n) is 2.37. The van der Waals surface area contributed by atoms with Gasteiger partial charge in [0.15, 0.2) is 5.75 Å². The van der Waals surface area contributed by atoms with Crippen LogP contribution in [0.15, 0.2) is 12.5 Å². The van der Waals surface area contributed by atoms with Crippen LogP contribution in [0.3, 0.4) is 0 Å². The summed E-state index contributed by atoms with van der Waals surface area (Å²) in [5, 5.41) is 19.2. The molecule has 1 aromatic rings. The second-order valence-electron chi connectivity index (χ2n) is 3.38. The van der Waals surface area contributed by atoms with Gasteiger partial charge in [0.25, 0.3) is 0 Å². The van der Waals surface area contributed by atoms with Gasteiger partial charge in [0.2, 0.25) is 0 Å². The molecule has 2 heterocycles. The number of fused-ring (bicyclic) bond motifs is 1. The van der Waals surface area contributed by atoms with Crippen molar-refractivity contribution >= 4 is 0 Å². The fourth-order valence-corrected chi connectivity index (χ4v) is 1.59. The van der Waals surface area contributed by atoms with E-state index in [1.807, 2.05) is 0 Å². The Morgan fingerprint density at radius 2 is 2.43 bits per heavy atom. The molecule has 0 saturated heterocycles. The van der Waals surface area contributed by atoms with Gasteiger partial charge in [0.1, 0.15) is 17.6 Å². The van der Waals surface area contributed by atoms with Crippen LogP contribution < -0.4 is 4.74 Å². The Hall–Kier alpha value is -1.20. The summed E-state index contributed by atoms with van der Waals surface area (Å²) in [6.45, 7) is 0.170. The Morgan fingerprint density at radius 3 is 3.21 bits per heavy atom. The minimum absolute atomic E-state index is 0.347. The van der Waals surface area contributed by atoms with Gasteiger partial charge in [0, 0.05) is 0 Å². The van der Waals surface area contributed by atoms with Crippen LogP contribution in [0.25, 0.3) is 0 Å². The number of rotatable bonds is 1. The van der Waals surface area contributed by atoms with Crippen molar-refractivity contribution in [3.05, 3.63) is 18.2 Å². The van der Waals surface area contributed by atoms with Crippen LogP contribution in [0.4, 0.5) is 0 Å². The first kappa shape index (κ1) is 9.36. The maximum atomic E-state index is 10.1. The predicted octanol–water partition coefficient (Wildman–Crippen LogP) is -0.171. The number of nitrogens with zero attached hydrogens (tertiary/aromatic N) is 2. The molecule has 1 aliphatic rings. The lowest BCUT2D eigenvalue weighted by molar-refractivity contribution is -0.0289. The van der Waals surface area contributed by atoms with E-state index in [9.17, 15) is 5.11 Å². The second kappa shape index (κ2) is 3.51. The molecular weight excluding hydrogens is 184 g/mol. The van der Waals surface area contributed by atoms with Gasteiger partial charge in [0.05, 0.1) is 19.4 Å². The number of aliphatic hydroxyl groups is 2. The smallest absolute Gasteiger partial charge is 0.162 e. The van der Waals surface area contributed by atoms with Crippen LogP contribution in [0.5, 0.6) is 5.75 Å². The van der Waals surface area contributed by atoms with Gasteiger partial charge in [-0.15, -0.1) is 0 Å². The fraction of sp³-hybridized carbons (Fsp3) is 0.556. The standard InChI is InChI=1S/C9H12N2O3/c12-5-9(13)2-1-3-14-7-4-10-6-11-8(7)9/h4,6,12-13H,1-3,5H2. The molecule has 0 spiro atoms. The molecule has 1 aromatic heterocycles. The minimum atomic E-state index is -1.28. The zero-order valence-corrected chi connectivity index (χ0v) is 7.68. The minimum Gasteiger partial charge on any atom is -0.490 e. The molecule has 76 valence electrons. The second-order valence-corrected chi connectivity index (χ2v) is 3.38. The van der Waals surface area contributed by atoms with Crippen molar-refractivity contribution in [3.63, 3.8) is 0 Å². The molecule has 2 rings (SSSR count). The number of hydrogen-bond acceptors (Lipinski definition) is 5. The lowest BCUT2D eigenvalue weighted by atomic mass is 9.95. The van der Waals surface area contributed by atoms with Gasteiger partial charge >= 0.3 is 0 Å². The highest BCUT2D eigenvalue weighted by atomic mass is 16.5. The maximum Gasteiger partial charge on any atom is 0.162 e. The van der Waals surface area contributed by atoms with Crippen LogP contribution in [-0.2, 0) is 5.60 Å². The van der Waals surface area contributed by atoms with Crippen molar-refractivity contribution < 1.29 is 14.9 Å². The molecule has 5 heteroatoms. The molecule has 1 aliphatic heterocycles. The third-order valence-corrected chi connectivity index (χ3v) is 2.37. The average molecular weight is 196 g/mol. The number of aromatic nitrogens is 2. The molecule has 0 saturated carbocycles. The van der Waals surface area contributed by atoms with Crippen LogP contribution in [-0.4, -0.2) is 33.4 Å². The van der Waals surface area contributed by atoms with Crippen molar-refractivity contribution in [2.45, 2.75) is 18.4 Å². The molecule has 0 aromatic carbocycles. The van der Waals surface area contributed by atoms with Gasteiger partial charge in [-0.25, -0.2) is 9.97 Å². The van der Waals surface area contributed by atoms with E-state index in [-0.39, 0.29) is 6.61 Å². The van der Waals surface area contributed by atoms with E-state index in [1.165, 1.54) is 12.5 Å². The number of hydrogen-bond donors (Lipinski definition) is 2. The SMILES string of the molecule is OCC1(O)CCCOc2cncnc21. The van der Waals surface area contributed by atoms with Crippen LogP contribution in [0.2, 0.25) is 0 Å². The zero-order chi connectivity index (χ0) is 10.0. The van der Waals surface area contributed by atoms with Crippen LogP contribution in [0.1, 0.15) is 18.5 Å². The molecule has 0 amide bonds. The summed E-state index contributed by atoms with van der Waals surface area (Å²) in [5.41, 5.74) is -0.901. The summed E-state index contributed by atoms with van der Waals surface area (Å²) in [7, 11) is 0. The van der Waals surface area contributed by atoms with Crippen molar-refractivity contribution in [2.24, 2.45) is 0 Å². The lowest BCUT2D eigenvalue weighted by Gasteiger charge is -2.23. The summed E-state index contributed by atoms with van der Waals surface area (Å²) in [4.78, 5) is 7.77. The topological polar surface area (TPSA) is 75.5 Å². The van der Waals surface area contributed by atoms with Gasteiger partial charge < -0.3 is 14.9 Å². The Morgan fingerprint density at radius 1 is 1.57 bits per heavy atom. The average Bonchev–Trinajstić information content (AvgIpc) is 2.40. The van der Waals surface area contributed by atoms with Gasteiger partial charge in [-0.2, -0.15) is 0 Å². The van der Waals surface area contributed by atoms with Gasteiger partial charge in [-0.1, -0.05) is 0 Å². The van der Waals surface area contributed by atoms with E-state index in [2.05, 4.69) is 9.97 Å². The van der Waals surface area contributed by atoms with E-state index in [1.54, 1.807) is 0 Å². The Balaban J connectivity index is 2.47. The Kier molecular flexibility index (Phi) is 2.35. The van der Waals surface area contributed by atoms with Crippen molar-refractivity contribution in [3.8, 4) is 5.75 Å². The molecule has 5 nitrogen and oxygen atoms in total. The van der Waals surface area contributed by atoms with Crippen LogP contribution in [0, 0.1) is 0 Å². The molecular formula is C9H12N2O3. The Bertz CT molecular complexity index is 332. The van der Waals surface area contributed by atoms with E-state index < -0.39 is 5.60 Å². The van der Waals surface area contributed by atoms with Crippen LogP contribution >= 0.6 is 0 Å². The van der Waals surface area contributed by atoms with Crippen molar-refractivity contribution in [2.75, 3.05) is 13.2 Å². The molecule has 0 radical (unpaired) electrons. The molecule has 2 N–H and O–H groups in total. The molecule has 0 fully saturated rings. The highest BCUT2D eigenvalue weighted by Crippen LogP contribution is 2.33. The normalized spacial score (nSPS) is 26.1. The first-order chi connectivity index (χ1) is 6.76. The van der Waals surface area contributed by atoms with E-state index >= 15 is 0 Å². The first-order valence-corrected chi connectivity index (χ1v) is 4.53. The van der Waals surface area contributed by atoms with Gasteiger partial charge in [-0.05, 0) is 12.8 Å². The fourth-order valence-electron chi connectivity index (χ4n) is 1.59. The maximum absolute atomic E-state index is 10.1. The largest absolute Gasteiger partial charge is 0.490 e. The number of aliphatic hydroxyl groups excluding tert-OH is 1. The number of ether oxygens (including phenoxy) is 1. The highest BCUT2D eigenvalue weighted by molar-refractivity contribution is 5.30. The molecule has 14 heavy (non-hydrogen) atoms. The quantitative estimate of drug-likeness (QED) is 0.652. The summed E-state index contributed by atoms with van der Waals surface area (Å²) >= 11 is 0. The summed E-state index contributed by atoms with van der Waals surface area (Å²) in [6.07, 6.45) is 3.99. The van der Waals surface area contributed by atoms with Gasteiger partial charge in [-0.3, -0.25) is 0 Å². The molecule has 0 aliphatic carbocycles. The van der Waals surface area contributed by atoms with E-state index in [0.29, 0.717) is 30.9 Å². The van der Waals surface area contributed by atoms with Crippen molar-refractivity contribution in [1.29, 1.82) is 0 Å².